The van der Waals surface area contributed by atoms with E-state index in [0.717, 1.165) is 5.56 Å². The number of hydrogen-bond donors (Lipinski definition) is 4. The molecule has 0 spiro atoms. The van der Waals surface area contributed by atoms with Gasteiger partial charge in [-0.15, -0.1) is 0 Å². The lowest BCUT2D eigenvalue weighted by Crippen LogP contribution is -2.57. The molecular formula is C34H38N4O7. The van der Waals surface area contributed by atoms with E-state index in [-0.39, 0.29) is 13.0 Å². The summed E-state index contributed by atoms with van der Waals surface area (Å²) in [4.78, 5) is 76.9. The van der Waals surface area contributed by atoms with Gasteiger partial charge in [-0.25, -0.2) is 4.79 Å². The van der Waals surface area contributed by atoms with Gasteiger partial charge in [-0.3, -0.25) is 24.0 Å². The van der Waals surface area contributed by atoms with Gasteiger partial charge in [0.15, 0.2) is 0 Å². The van der Waals surface area contributed by atoms with Crippen LogP contribution in [-0.2, 0) is 36.9 Å². The van der Waals surface area contributed by atoms with Crippen LogP contribution in [0, 0.1) is 5.92 Å². The third kappa shape index (κ3) is 10.1. The lowest BCUT2D eigenvalue weighted by Gasteiger charge is -2.25. The summed E-state index contributed by atoms with van der Waals surface area (Å²) in [6, 6.07) is 20.7. The van der Waals surface area contributed by atoms with Crippen LogP contribution in [-0.4, -0.2) is 60.6 Å². The molecule has 0 saturated carbocycles. The molecule has 3 unspecified atom stereocenters. The first-order chi connectivity index (χ1) is 21.5. The molecule has 0 radical (unpaired) electrons. The van der Waals surface area contributed by atoms with E-state index in [9.17, 15) is 28.8 Å². The standard InChI is InChI=1S/C34H38N4O7/c1-21(2)28(29(39)33(43)35-20-24-14-11-17-26(18-24)34(44)45-4)38-30(40)22(3)36-32(42)27(19-23-12-7-5-8-13-23)37-31(41)25-15-9-6-10-16-25/h5-18,21-22,27-28H,19-20H2,1-4H3,(H,35,43)(H,36,42)(H,37,41)(H,38,40). The van der Waals surface area contributed by atoms with Crippen LogP contribution in [0.2, 0.25) is 0 Å². The molecule has 0 bridgehead atoms. The predicted molar refractivity (Wildman–Crippen MR) is 167 cm³/mol. The minimum atomic E-state index is -1.17. The van der Waals surface area contributed by atoms with Gasteiger partial charge in [0.25, 0.3) is 11.8 Å². The Morgan fingerprint density at radius 2 is 1.29 bits per heavy atom. The second-order valence-electron chi connectivity index (χ2n) is 10.8. The number of amides is 4. The number of hydrogen-bond acceptors (Lipinski definition) is 7. The van der Waals surface area contributed by atoms with Crippen molar-refractivity contribution in [3.05, 3.63) is 107 Å². The van der Waals surface area contributed by atoms with Crippen LogP contribution in [0.3, 0.4) is 0 Å². The van der Waals surface area contributed by atoms with Gasteiger partial charge < -0.3 is 26.0 Å². The number of rotatable bonds is 14. The second-order valence-corrected chi connectivity index (χ2v) is 10.8. The van der Waals surface area contributed by atoms with Crippen molar-refractivity contribution in [3.63, 3.8) is 0 Å². The molecule has 0 aromatic heterocycles. The monoisotopic (exact) mass is 614 g/mol. The first-order valence-corrected chi connectivity index (χ1v) is 14.5. The summed E-state index contributed by atoms with van der Waals surface area (Å²) in [5, 5.41) is 10.5. The number of esters is 1. The van der Waals surface area contributed by atoms with Gasteiger partial charge >= 0.3 is 5.97 Å². The highest BCUT2D eigenvalue weighted by molar-refractivity contribution is 6.38. The molecule has 11 nitrogen and oxygen atoms in total. The highest BCUT2D eigenvalue weighted by Crippen LogP contribution is 2.09. The average molecular weight is 615 g/mol. The maximum atomic E-state index is 13.3. The summed E-state index contributed by atoms with van der Waals surface area (Å²) in [5.41, 5.74) is 2.05. The van der Waals surface area contributed by atoms with E-state index in [1.807, 2.05) is 30.3 Å². The third-order valence-corrected chi connectivity index (χ3v) is 6.96. The van der Waals surface area contributed by atoms with Crippen LogP contribution in [0.4, 0.5) is 0 Å². The molecule has 0 aliphatic rings. The number of methoxy groups -OCH3 is 1. The van der Waals surface area contributed by atoms with Crippen LogP contribution in [0.5, 0.6) is 0 Å². The zero-order valence-corrected chi connectivity index (χ0v) is 25.7. The minimum Gasteiger partial charge on any atom is -0.465 e. The number of ketones is 1. The molecule has 3 aromatic carbocycles. The van der Waals surface area contributed by atoms with Crippen LogP contribution in [0.25, 0.3) is 0 Å². The topological polar surface area (TPSA) is 160 Å². The molecule has 0 fully saturated rings. The summed E-state index contributed by atoms with van der Waals surface area (Å²) in [6.45, 7) is 4.77. The molecule has 0 saturated heterocycles. The fourth-order valence-electron chi connectivity index (χ4n) is 4.42. The van der Waals surface area contributed by atoms with Crippen molar-refractivity contribution in [1.29, 1.82) is 0 Å². The Kier molecular flexibility index (Phi) is 12.5. The van der Waals surface area contributed by atoms with E-state index in [1.165, 1.54) is 20.1 Å². The van der Waals surface area contributed by atoms with E-state index < -0.39 is 59.4 Å². The minimum absolute atomic E-state index is 0.0296. The summed E-state index contributed by atoms with van der Waals surface area (Å²) in [6.07, 6.45) is 0.176. The van der Waals surface area contributed by atoms with Gasteiger partial charge in [-0.1, -0.05) is 74.5 Å². The highest BCUT2D eigenvalue weighted by Gasteiger charge is 2.32. The molecule has 0 aliphatic heterocycles. The van der Waals surface area contributed by atoms with Crippen molar-refractivity contribution < 1.29 is 33.5 Å². The smallest absolute Gasteiger partial charge is 0.337 e. The van der Waals surface area contributed by atoms with Crippen LogP contribution in [0.15, 0.2) is 84.9 Å². The highest BCUT2D eigenvalue weighted by atomic mass is 16.5. The van der Waals surface area contributed by atoms with Gasteiger partial charge in [0, 0.05) is 18.5 Å². The van der Waals surface area contributed by atoms with E-state index >= 15 is 0 Å². The van der Waals surface area contributed by atoms with Crippen LogP contribution < -0.4 is 21.3 Å². The van der Waals surface area contributed by atoms with Crippen molar-refractivity contribution in [1.82, 2.24) is 21.3 Å². The lowest BCUT2D eigenvalue weighted by molar-refractivity contribution is -0.141. The van der Waals surface area contributed by atoms with Crippen molar-refractivity contribution in [3.8, 4) is 0 Å². The SMILES string of the molecule is COC(=O)c1cccc(CNC(=O)C(=O)C(NC(=O)C(C)NC(=O)C(Cc2ccccc2)NC(=O)c2ccccc2)C(C)C)c1. The quantitative estimate of drug-likeness (QED) is 0.160. The first-order valence-electron chi connectivity index (χ1n) is 14.5. The molecule has 3 aromatic rings. The Morgan fingerprint density at radius 3 is 1.91 bits per heavy atom. The maximum Gasteiger partial charge on any atom is 0.337 e. The zero-order chi connectivity index (χ0) is 32.9. The zero-order valence-electron chi connectivity index (χ0n) is 25.7. The Morgan fingerprint density at radius 1 is 0.689 bits per heavy atom. The van der Waals surface area contributed by atoms with E-state index in [2.05, 4.69) is 21.3 Å². The third-order valence-electron chi connectivity index (χ3n) is 6.96. The molecule has 4 N–H and O–H groups in total. The number of carbonyl (C=O) groups is 6. The van der Waals surface area contributed by atoms with E-state index in [4.69, 9.17) is 4.74 Å². The van der Waals surface area contributed by atoms with Gasteiger partial charge in [0.2, 0.25) is 17.6 Å². The second kappa shape index (κ2) is 16.5. The number of carbonyl (C=O) groups excluding carboxylic acids is 6. The average Bonchev–Trinajstić information content (AvgIpc) is 3.05. The molecule has 0 aliphatic carbocycles. The van der Waals surface area contributed by atoms with Crippen LogP contribution >= 0.6 is 0 Å². The van der Waals surface area contributed by atoms with Gasteiger partial charge in [-0.2, -0.15) is 0 Å². The van der Waals surface area contributed by atoms with Gasteiger partial charge in [-0.05, 0) is 48.2 Å². The summed E-state index contributed by atoms with van der Waals surface area (Å²) in [7, 11) is 1.26. The maximum absolute atomic E-state index is 13.3. The molecule has 11 heteroatoms. The number of nitrogens with one attached hydrogen (secondary N) is 4. The van der Waals surface area contributed by atoms with Gasteiger partial charge in [0.1, 0.15) is 12.1 Å². The fourth-order valence-corrected chi connectivity index (χ4v) is 4.42. The van der Waals surface area contributed by atoms with Crippen LogP contribution in [0.1, 0.15) is 52.6 Å². The summed E-state index contributed by atoms with van der Waals surface area (Å²) in [5.74, 6) is -4.48. The van der Waals surface area contributed by atoms with Crippen molar-refractivity contribution in [2.24, 2.45) is 5.92 Å². The summed E-state index contributed by atoms with van der Waals surface area (Å²) >= 11 is 0. The molecule has 3 atom stereocenters. The molecule has 4 amide bonds. The Bertz CT molecular complexity index is 1510. The van der Waals surface area contributed by atoms with Crippen molar-refractivity contribution >= 4 is 35.4 Å². The summed E-state index contributed by atoms with van der Waals surface area (Å²) < 4.78 is 4.70. The molecular weight excluding hydrogens is 576 g/mol. The van der Waals surface area contributed by atoms with E-state index in [1.54, 1.807) is 62.4 Å². The fraction of sp³-hybridized carbons (Fsp3) is 0.294. The predicted octanol–water partition coefficient (Wildman–Crippen LogP) is 2.35. The Hall–Kier alpha value is -5.32. The number of Topliss-reactive ketones (excluding diaryl/α,β-unsaturated/α-hetero) is 1. The number of ether oxygens (including phenoxy) is 1. The molecule has 45 heavy (non-hydrogen) atoms. The van der Waals surface area contributed by atoms with Crippen molar-refractivity contribution in [2.45, 2.75) is 51.9 Å². The molecule has 3 rings (SSSR count). The molecule has 0 heterocycles. The van der Waals surface area contributed by atoms with Gasteiger partial charge in [0.05, 0.1) is 18.7 Å². The Balaban J connectivity index is 1.64. The van der Waals surface area contributed by atoms with E-state index in [0.29, 0.717) is 16.7 Å². The van der Waals surface area contributed by atoms with Crippen molar-refractivity contribution in [2.75, 3.05) is 7.11 Å². The lowest BCUT2D eigenvalue weighted by atomic mass is 9.98. The Labute approximate surface area is 262 Å². The largest absolute Gasteiger partial charge is 0.465 e. The first kappa shape index (κ1) is 34.2. The number of benzene rings is 3. The normalized spacial score (nSPS) is 12.6. The molecule has 236 valence electrons.